The van der Waals surface area contributed by atoms with Crippen molar-refractivity contribution in [2.75, 3.05) is 33.4 Å². The monoisotopic (exact) mass is 343 g/mol. The van der Waals surface area contributed by atoms with Crippen LogP contribution < -0.4 is 5.32 Å². The summed E-state index contributed by atoms with van der Waals surface area (Å²) in [6.45, 7) is 1.47. The van der Waals surface area contributed by atoms with Gasteiger partial charge in [0.15, 0.2) is 0 Å². The van der Waals surface area contributed by atoms with Crippen LogP contribution in [0, 0.1) is 5.92 Å². The minimum atomic E-state index is -0.447. The fraction of sp³-hybridized carbons (Fsp3) is 0.526. The van der Waals surface area contributed by atoms with Crippen molar-refractivity contribution in [1.29, 1.82) is 0 Å². The number of carbonyl (C=O) groups is 1. The van der Waals surface area contributed by atoms with Crippen LogP contribution in [-0.4, -0.2) is 60.5 Å². The van der Waals surface area contributed by atoms with Crippen molar-refractivity contribution in [3.05, 3.63) is 35.5 Å². The molecule has 6 heteroatoms. The number of benzene rings is 1. The van der Waals surface area contributed by atoms with E-state index in [-0.39, 0.29) is 13.2 Å². The van der Waals surface area contributed by atoms with Crippen molar-refractivity contribution in [3.8, 4) is 0 Å². The van der Waals surface area contributed by atoms with Gasteiger partial charge in [-0.25, -0.2) is 4.79 Å². The van der Waals surface area contributed by atoms with Crippen molar-refractivity contribution in [3.63, 3.8) is 0 Å². The van der Waals surface area contributed by atoms with E-state index in [0.29, 0.717) is 24.4 Å². The minimum absolute atomic E-state index is 0.0410. The van der Waals surface area contributed by atoms with Gasteiger partial charge in [-0.1, -0.05) is 12.1 Å². The number of carbonyl (C=O) groups excluding carboxylic acids is 1. The lowest BCUT2D eigenvalue weighted by Gasteiger charge is -2.45. The summed E-state index contributed by atoms with van der Waals surface area (Å²) in [7, 11) is 2.19. The number of fused-ring (bicyclic) bond motifs is 2. The molecular formula is C19H25N3O3. The van der Waals surface area contributed by atoms with Gasteiger partial charge in [-0.2, -0.15) is 0 Å². The van der Waals surface area contributed by atoms with E-state index < -0.39 is 6.09 Å². The lowest BCUT2D eigenvalue weighted by atomic mass is 9.72. The maximum absolute atomic E-state index is 11.6. The number of amides is 1. The molecule has 1 aromatic carbocycles. The molecule has 1 amide bonds. The number of aromatic nitrogens is 1. The van der Waals surface area contributed by atoms with Gasteiger partial charge in [0.2, 0.25) is 0 Å². The van der Waals surface area contributed by atoms with Gasteiger partial charge in [-0.3, -0.25) is 0 Å². The number of aliphatic hydroxyl groups excluding tert-OH is 1. The van der Waals surface area contributed by atoms with Crippen LogP contribution in [0.2, 0.25) is 0 Å². The molecule has 3 atom stereocenters. The average molecular weight is 343 g/mol. The van der Waals surface area contributed by atoms with Gasteiger partial charge in [0.1, 0.15) is 6.61 Å². The molecule has 1 aliphatic heterocycles. The summed E-state index contributed by atoms with van der Waals surface area (Å²) in [6, 6.07) is 7.06. The summed E-state index contributed by atoms with van der Waals surface area (Å²) in [6.07, 6.45) is 3.86. The van der Waals surface area contributed by atoms with Crippen LogP contribution in [0.25, 0.3) is 10.9 Å². The Balaban J connectivity index is 1.50. The number of rotatable bonds is 4. The molecule has 1 fully saturated rings. The van der Waals surface area contributed by atoms with Gasteiger partial charge in [0.05, 0.1) is 6.61 Å². The van der Waals surface area contributed by atoms with Gasteiger partial charge < -0.3 is 25.0 Å². The fourth-order valence-electron chi connectivity index (χ4n) is 4.62. The highest BCUT2D eigenvalue weighted by Gasteiger charge is 2.39. The number of H-pyrrole nitrogens is 1. The smallest absolute Gasteiger partial charge is 0.407 e. The molecule has 3 N–H and O–H groups in total. The Bertz CT molecular complexity index is 772. The summed E-state index contributed by atoms with van der Waals surface area (Å²) in [5.41, 5.74) is 4.08. The van der Waals surface area contributed by atoms with E-state index in [2.05, 4.69) is 46.6 Å². The highest BCUT2D eigenvalue weighted by molar-refractivity contribution is 5.88. The minimum Gasteiger partial charge on any atom is -0.447 e. The summed E-state index contributed by atoms with van der Waals surface area (Å²) < 4.78 is 4.88. The molecule has 1 aliphatic carbocycles. The molecule has 6 nitrogen and oxygen atoms in total. The third kappa shape index (κ3) is 3.00. The van der Waals surface area contributed by atoms with Crippen molar-refractivity contribution >= 4 is 17.0 Å². The molecule has 2 heterocycles. The highest BCUT2D eigenvalue weighted by atomic mass is 16.6. The Kier molecular flexibility index (Phi) is 4.39. The summed E-state index contributed by atoms with van der Waals surface area (Å²) in [4.78, 5) is 17.5. The number of ether oxygens (including phenoxy) is 1. The molecule has 0 unspecified atom stereocenters. The zero-order valence-corrected chi connectivity index (χ0v) is 14.5. The van der Waals surface area contributed by atoms with Crippen molar-refractivity contribution < 1.29 is 14.6 Å². The average Bonchev–Trinajstić information content (AvgIpc) is 3.03. The van der Waals surface area contributed by atoms with Gasteiger partial charge in [-0.15, -0.1) is 0 Å². The third-order valence-corrected chi connectivity index (χ3v) is 5.67. The lowest BCUT2D eigenvalue weighted by molar-refractivity contribution is 0.0996. The van der Waals surface area contributed by atoms with Crippen molar-refractivity contribution in [2.24, 2.45) is 5.92 Å². The van der Waals surface area contributed by atoms with Crippen LogP contribution in [0.15, 0.2) is 24.4 Å². The number of aromatic amines is 1. The molecule has 25 heavy (non-hydrogen) atoms. The van der Waals surface area contributed by atoms with Gasteiger partial charge in [0, 0.05) is 42.1 Å². The zero-order chi connectivity index (χ0) is 17.4. The van der Waals surface area contributed by atoms with Crippen LogP contribution >= 0.6 is 0 Å². The number of hydrogen-bond donors (Lipinski definition) is 3. The van der Waals surface area contributed by atoms with E-state index >= 15 is 0 Å². The standard InChI is InChI=1S/C19H25N3O3/c1-22-11-12(9-21-19(24)25-6-5-23)7-15-14-3-2-4-16-18(14)13(10-20-16)8-17(15)22/h2-4,10,12,15,17,20,23H,5-9,11H2,1H3,(H,21,24)/t12-,15+,17+/m0/s1. The molecule has 1 saturated heterocycles. The molecule has 1 aromatic heterocycles. The SMILES string of the molecule is CN1C[C@H](CNC(=O)OCCO)C[C@@H]2c3cccc4[nH]cc(c34)C[C@H]21. The van der Waals surface area contributed by atoms with Crippen LogP contribution in [0.3, 0.4) is 0 Å². The Morgan fingerprint density at radius 1 is 1.48 bits per heavy atom. The zero-order valence-electron chi connectivity index (χ0n) is 14.5. The van der Waals surface area contributed by atoms with Gasteiger partial charge in [0.25, 0.3) is 0 Å². The Labute approximate surface area is 147 Å². The summed E-state index contributed by atoms with van der Waals surface area (Å²) >= 11 is 0. The topological polar surface area (TPSA) is 77.6 Å². The number of aliphatic hydroxyl groups is 1. The quantitative estimate of drug-likeness (QED) is 0.792. The first kappa shape index (κ1) is 16.4. The molecule has 2 aromatic rings. The van der Waals surface area contributed by atoms with Crippen molar-refractivity contribution in [2.45, 2.75) is 24.8 Å². The van der Waals surface area contributed by atoms with Gasteiger partial charge in [-0.05, 0) is 43.0 Å². The third-order valence-electron chi connectivity index (χ3n) is 5.67. The molecule has 0 saturated carbocycles. The van der Waals surface area contributed by atoms with Crippen molar-refractivity contribution in [1.82, 2.24) is 15.2 Å². The number of alkyl carbamates (subject to hydrolysis) is 1. The van der Waals surface area contributed by atoms with E-state index in [4.69, 9.17) is 9.84 Å². The normalized spacial score (nSPS) is 25.6. The van der Waals surface area contributed by atoms with E-state index in [1.807, 2.05) is 0 Å². The fourth-order valence-corrected chi connectivity index (χ4v) is 4.62. The van der Waals surface area contributed by atoms with Crippen LogP contribution in [0.4, 0.5) is 4.79 Å². The second kappa shape index (κ2) is 6.69. The molecule has 0 spiro atoms. The second-order valence-electron chi connectivity index (χ2n) is 7.24. The number of piperidine rings is 1. The highest BCUT2D eigenvalue weighted by Crippen LogP contribution is 2.44. The molecule has 2 aliphatic rings. The predicted octanol–water partition coefficient (Wildman–Crippen LogP) is 1.85. The largest absolute Gasteiger partial charge is 0.447 e. The number of hydrogen-bond acceptors (Lipinski definition) is 4. The maximum Gasteiger partial charge on any atom is 0.407 e. The molecule has 0 radical (unpaired) electrons. The predicted molar refractivity (Wildman–Crippen MR) is 95.7 cm³/mol. The Hall–Kier alpha value is -2.05. The number of nitrogens with zero attached hydrogens (tertiary/aromatic N) is 1. The van der Waals surface area contributed by atoms with Gasteiger partial charge >= 0.3 is 6.09 Å². The first-order valence-corrected chi connectivity index (χ1v) is 8.98. The summed E-state index contributed by atoms with van der Waals surface area (Å²) in [5, 5.41) is 13.0. The summed E-state index contributed by atoms with van der Waals surface area (Å²) in [5.74, 6) is 0.884. The Morgan fingerprint density at radius 3 is 3.20 bits per heavy atom. The van der Waals surface area contributed by atoms with Crippen LogP contribution in [0.5, 0.6) is 0 Å². The lowest BCUT2D eigenvalue weighted by Crippen LogP contribution is -2.50. The van der Waals surface area contributed by atoms with E-state index in [1.54, 1.807) is 0 Å². The molecule has 4 rings (SSSR count). The number of nitrogens with one attached hydrogen (secondary N) is 2. The number of likely N-dealkylation sites (N-methyl/N-ethyl adjacent to an activating group) is 1. The maximum atomic E-state index is 11.6. The molecular weight excluding hydrogens is 318 g/mol. The first-order valence-electron chi connectivity index (χ1n) is 8.98. The molecule has 0 bridgehead atoms. The number of likely N-dealkylation sites (tertiary alicyclic amines) is 1. The van der Waals surface area contributed by atoms with Crippen LogP contribution in [-0.2, 0) is 11.2 Å². The molecule has 134 valence electrons. The van der Waals surface area contributed by atoms with E-state index in [9.17, 15) is 4.79 Å². The second-order valence-corrected chi connectivity index (χ2v) is 7.24. The Morgan fingerprint density at radius 2 is 2.36 bits per heavy atom. The first-order chi connectivity index (χ1) is 12.2. The van der Waals surface area contributed by atoms with E-state index in [1.165, 1.54) is 22.0 Å². The van der Waals surface area contributed by atoms with E-state index in [0.717, 1.165) is 19.4 Å². The van der Waals surface area contributed by atoms with Crippen LogP contribution in [0.1, 0.15) is 23.5 Å².